The number of rotatable bonds is 6. The molecule has 0 unspecified atom stereocenters. The third kappa shape index (κ3) is 4.12. The molecule has 0 aliphatic heterocycles. The van der Waals surface area contributed by atoms with Gasteiger partial charge >= 0.3 is 0 Å². The van der Waals surface area contributed by atoms with E-state index in [4.69, 9.17) is 9.72 Å². The summed E-state index contributed by atoms with van der Waals surface area (Å²) >= 11 is 0. The first-order chi connectivity index (χ1) is 19.7. The number of ether oxygens (including phenoxy) is 1. The molecular weight excluding hydrogens is 492 g/mol. The molecule has 0 atom stereocenters. The number of nitrogens with zero attached hydrogens (tertiary/aromatic N) is 4. The van der Waals surface area contributed by atoms with Crippen molar-refractivity contribution in [3.05, 3.63) is 133 Å². The van der Waals surface area contributed by atoms with Gasteiger partial charge in [-0.3, -0.25) is 4.40 Å². The molecule has 3 heterocycles. The number of imidazole rings is 1. The summed E-state index contributed by atoms with van der Waals surface area (Å²) in [6, 6.07) is 39.5. The Hall–Kier alpha value is -5.16. The molecule has 5 nitrogen and oxygen atoms in total. The van der Waals surface area contributed by atoms with Crippen LogP contribution < -0.4 is 9.64 Å². The highest BCUT2D eigenvalue weighted by molar-refractivity contribution is 6.13. The number of pyridine rings is 2. The molecule has 3 aromatic heterocycles. The lowest BCUT2D eigenvalue weighted by Crippen LogP contribution is -2.10. The molecule has 0 fully saturated rings. The summed E-state index contributed by atoms with van der Waals surface area (Å²) in [7, 11) is 0. The highest BCUT2D eigenvalue weighted by Crippen LogP contribution is 2.40. The molecule has 0 bridgehead atoms. The van der Waals surface area contributed by atoms with Crippen LogP contribution in [0.5, 0.6) is 11.6 Å². The van der Waals surface area contributed by atoms with Crippen molar-refractivity contribution in [2.24, 2.45) is 0 Å². The molecule has 4 aromatic carbocycles. The number of benzene rings is 4. The van der Waals surface area contributed by atoms with Gasteiger partial charge in [-0.15, -0.1) is 0 Å². The van der Waals surface area contributed by atoms with Gasteiger partial charge < -0.3 is 9.64 Å². The maximum atomic E-state index is 6.09. The Labute approximate surface area is 232 Å². The van der Waals surface area contributed by atoms with Gasteiger partial charge in [0.05, 0.1) is 5.52 Å². The van der Waals surface area contributed by atoms with Gasteiger partial charge in [0.15, 0.2) is 0 Å². The lowest BCUT2D eigenvalue weighted by atomic mass is 10.0. The van der Waals surface area contributed by atoms with Crippen LogP contribution in [0, 0.1) is 0 Å². The summed E-state index contributed by atoms with van der Waals surface area (Å²) in [6.45, 7) is 4.44. The summed E-state index contributed by atoms with van der Waals surface area (Å²) < 4.78 is 8.41. The fraction of sp³-hybridized carbons (Fsp3) is 0.0857. The van der Waals surface area contributed by atoms with Crippen LogP contribution in [0.3, 0.4) is 0 Å². The standard InChI is InChI=1S/C35H28N4O/c1-24(2)33-23-37-35-31-22-27(18-19-29(31)30-15-6-7-16-32(30)39(33)35)38(25-11-4-3-5-12-25)26-13-10-14-28(21-26)40-34-17-8-9-20-36-34/h3-24H,1-2H3. The highest BCUT2D eigenvalue weighted by atomic mass is 16.5. The first-order valence-corrected chi connectivity index (χ1v) is 13.5. The number of aromatic nitrogens is 3. The monoisotopic (exact) mass is 520 g/mol. The van der Waals surface area contributed by atoms with E-state index in [-0.39, 0.29) is 0 Å². The third-order valence-electron chi connectivity index (χ3n) is 7.27. The van der Waals surface area contributed by atoms with E-state index in [0.29, 0.717) is 11.8 Å². The minimum atomic E-state index is 0.349. The van der Waals surface area contributed by atoms with Crippen molar-refractivity contribution in [2.75, 3.05) is 4.90 Å². The van der Waals surface area contributed by atoms with Crippen molar-refractivity contribution in [1.29, 1.82) is 0 Å². The van der Waals surface area contributed by atoms with Crippen LogP contribution in [-0.4, -0.2) is 14.4 Å². The second kappa shape index (κ2) is 9.86. The fourth-order valence-corrected chi connectivity index (χ4v) is 5.44. The quantitative estimate of drug-likeness (QED) is 0.205. The Kier molecular flexibility index (Phi) is 5.90. The lowest BCUT2D eigenvalue weighted by Gasteiger charge is -2.26. The van der Waals surface area contributed by atoms with E-state index < -0.39 is 0 Å². The van der Waals surface area contributed by atoms with E-state index in [1.807, 2.05) is 48.7 Å². The van der Waals surface area contributed by atoms with Crippen LogP contribution in [0.25, 0.3) is 27.3 Å². The highest BCUT2D eigenvalue weighted by Gasteiger charge is 2.18. The zero-order valence-corrected chi connectivity index (χ0v) is 22.4. The number of hydrogen-bond donors (Lipinski definition) is 0. The Balaban J connectivity index is 1.44. The lowest BCUT2D eigenvalue weighted by molar-refractivity contribution is 0.463. The Morgan fingerprint density at radius 1 is 0.650 bits per heavy atom. The average Bonchev–Trinajstić information content (AvgIpc) is 3.45. The molecule has 0 radical (unpaired) electrons. The van der Waals surface area contributed by atoms with E-state index in [1.165, 1.54) is 22.0 Å². The molecule has 194 valence electrons. The molecule has 0 aliphatic rings. The predicted molar refractivity (Wildman–Crippen MR) is 163 cm³/mol. The molecule has 0 saturated carbocycles. The molecule has 5 heteroatoms. The van der Waals surface area contributed by atoms with Gasteiger partial charge in [-0.2, -0.15) is 0 Å². The van der Waals surface area contributed by atoms with Gasteiger partial charge in [0.1, 0.15) is 11.4 Å². The Morgan fingerprint density at radius 2 is 1.43 bits per heavy atom. The van der Waals surface area contributed by atoms with E-state index in [2.05, 4.69) is 101 Å². The Bertz CT molecular complexity index is 1960. The molecular formula is C35H28N4O. The minimum absolute atomic E-state index is 0.349. The van der Waals surface area contributed by atoms with Crippen molar-refractivity contribution in [3.8, 4) is 11.6 Å². The van der Waals surface area contributed by atoms with Crippen molar-refractivity contribution >= 4 is 44.4 Å². The van der Waals surface area contributed by atoms with Gasteiger partial charge in [-0.1, -0.05) is 68.4 Å². The first-order valence-electron chi connectivity index (χ1n) is 13.5. The first kappa shape index (κ1) is 23.9. The van der Waals surface area contributed by atoms with Crippen LogP contribution >= 0.6 is 0 Å². The van der Waals surface area contributed by atoms with Crippen molar-refractivity contribution in [1.82, 2.24) is 14.4 Å². The second-order valence-corrected chi connectivity index (χ2v) is 10.2. The zero-order chi connectivity index (χ0) is 27.1. The minimum Gasteiger partial charge on any atom is -0.439 e. The normalized spacial score (nSPS) is 11.5. The van der Waals surface area contributed by atoms with Gasteiger partial charge in [0.25, 0.3) is 0 Å². The predicted octanol–water partition coefficient (Wildman–Crippen LogP) is 9.42. The molecule has 7 rings (SSSR count). The van der Waals surface area contributed by atoms with Gasteiger partial charge in [0, 0.05) is 58.1 Å². The van der Waals surface area contributed by atoms with Gasteiger partial charge in [0.2, 0.25) is 5.88 Å². The average molecular weight is 521 g/mol. The fourth-order valence-electron chi connectivity index (χ4n) is 5.44. The zero-order valence-electron chi connectivity index (χ0n) is 22.4. The molecule has 0 amide bonds. The smallest absolute Gasteiger partial charge is 0.219 e. The third-order valence-corrected chi connectivity index (χ3v) is 7.27. The molecule has 0 aliphatic carbocycles. The van der Waals surface area contributed by atoms with Crippen LogP contribution in [0.2, 0.25) is 0 Å². The summed E-state index contributed by atoms with van der Waals surface area (Å²) in [5.74, 6) is 1.63. The molecule has 40 heavy (non-hydrogen) atoms. The summed E-state index contributed by atoms with van der Waals surface area (Å²) in [6.07, 6.45) is 3.75. The summed E-state index contributed by atoms with van der Waals surface area (Å²) in [5.41, 5.74) is 6.44. The number of hydrogen-bond acceptors (Lipinski definition) is 4. The molecule has 0 N–H and O–H groups in total. The van der Waals surface area contributed by atoms with Crippen LogP contribution in [0.4, 0.5) is 17.1 Å². The number of fused-ring (bicyclic) bond motifs is 6. The SMILES string of the molecule is CC(C)c1cnc2c3cc(N(c4ccccc4)c4cccc(Oc5ccccn5)c4)ccc3c3ccccc3n12. The maximum absolute atomic E-state index is 6.09. The largest absolute Gasteiger partial charge is 0.439 e. The van der Waals surface area contributed by atoms with Crippen LogP contribution in [0.1, 0.15) is 25.5 Å². The van der Waals surface area contributed by atoms with Crippen molar-refractivity contribution in [3.63, 3.8) is 0 Å². The van der Waals surface area contributed by atoms with Crippen molar-refractivity contribution in [2.45, 2.75) is 19.8 Å². The molecule has 0 saturated heterocycles. The van der Waals surface area contributed by atoms with Crippen molar-refractivity contribution < 1.29 is 4.74 Å². The topological polar surface area (TPSA) is 42.7 Å². The number of para-hydroxylation sites is 2. The van der Waals surface area contributed by atoms with Crippen LogP contribution in [0.15, 0.2) is 128 Å². The molecule has 7 aromatic rings. The van der Waals surface area contributed by atoms with E-state index in [9.17, 15) is 0 Å². The van der Waals surface area contributed by atoms with Crippen LogP contribution in [-0.2, 0) is 0 Å². The van der Waals surface area contributed by atoms with E-state index in [1.54, 1.807) is 6.20 Å². The summed E-state index contributed by atoms with van der Waals surface area (Å²) in [4.78, 5) is 11.5. The Morgan fingerprint density at radius 3 is 2.25 bits per heavy atom. The molecule has 0 spiro atoms. The van der Waals surface area contributed by atoms with Gasteiger partial charge in [-0.05, 0) is 59.8 Å². The van der Waals surface area contributed by atoms with E-state index in [0.717, 1.165) is 33.8 Å². The number of anilines is 3. The summed E-state index contributed by atoms with van der Waals surface area (Å²) in [5, 5.41) is 3.52. The van der Waals surface area contributed by atoms with Gasteiger partial charge in [-0.25, -0.2) is 9.97 Å². The second-order valence-electron chi connectivity index (χ2n) is 10.2. The van der Waals surface area contributed by atoms with E-state index >= 15 is 0 Å². The maximum Gasteiger partial charge on any atom is 0.219 e.